The fourth-order valence-corrected chi connectivity index (χ4v) is 1.59. The third kappa shape index (κ3) is 3.00. The normalized spacial score (nSPS) is 10.3. The summed E-state index contributed by atoms with van der Waals surface area (Å²) in [6.07, 6.45) is 0. The highest BCUT2D eigenvalue weighted by molar-refractivity contribution is 6.48. The third-order valence-corrected chi connectivity index (χ3v) is 2.64. The van der Waals surface area contributed by atoms with E-state index in [1.165, 1.54) is 6.92 Å². The van der Waals surface area contributed by atoms with Gasteiger partial charge in [-0.05, 0) is 5.19 Å². The van der Waals surface area contributed by atoms with Crippen LogP contribution in [0.2, 0.25) is 0 Å². The smallest absolute Gasteiger partial charge is 0.289 e. The molecule has 1 aromatic rings. The summed E-state index contributed by atoms with van der Waals surface area (Å²) in [5.41, 5.74) is 0. The monoisotopic (exact) mass is 166 g/mol. The Bertz CT molecular complexity index is 233. The lowest BCUT2D eigenvalue weighted by atomic mass is 10.4. The predicted molar refractivity (Wildman–Crippen MR) is 46.4 cm³/mol. The van der Waals surface area contributed by atoms with Gasteiger partial charge in [0.25, 0.3) is 15.7 Å². The number of benzene rings is 1. The van der Waals surface area contributed by atoms with Crippen molar-refractivity contribution in [3.63, 3.8) is 0 Å². The molecule has 3 heteroatoms. The molecule has 0 spiro atoms. The van der Waals surface area contributed by atoms with Gasteiger partial charge in [0.2, 0.25) is 0 Å². The average Bonchev–Trinajstić information content (AvgIpc) is 2.03. The van der Waals surface area contributed by atoms with E-state index in [0.29, 0.717) is 0 Å². The molecule has 0 radical (unpaired) electrons. The Kier molecular flexibility index (Phi) is 2.86. The van der Waals surface area contributed by atoms with Crippen LogP contribution in [0.15, 0.2) is 30.3 Å². The molecule has 0 aliphatic carbocycles. The maximum Gasteiger partial charge on any atom is 0.289 e. The van der Waals surface area contributed by atoms with E-state index in [1.807, 2.05) is 30.3 Å². The van der Waals surface area contributed by atoms with Crippen molar-refractivity contribution in [2.24, 2.45) is 0 Å². The highest BCUT2D eigenvalue weighted by Gasteiger charge is 1.94. The zero-order chi connectivity index (χ0) is 8.10. The molecule has 0 heterocycles. The Balaban J connectivity index is 2.45. The molecule has 1 rings (SSSR count). The second kappa shape index (κ2) is 3.93. The highest BCUT2D eigenvalue weighted by Crippen LogP contribution is 1.82. The van der Waals surface area contributed by atoms with E-state index in [9.17, 15) is 4.79 Å². The summed E-state index contributed by atoms with van der Waals surface area (Å²) >= 11 is 0. The highest BCUT2D eigenvalue weighted by atomic mass is 28.2. The first-order chi connectivity index (χ1) is 5.29. The topological polar surface area (TPSA) is 26.3 Å². The Morgan fingerprint density at radius 1 is 1.36 bits per heavy atom. The summed E-state index contributed by atoms with van der Waals surface area (Å²) in [6, 6.07) is 9.81. The molecule has 0 N–H and O–H groups in total. The molecule has 0 amide bonds. The van der Waals surface area contributed by atoms with E-state index >= 15 is 0 Å². The van der Waals surface area contributed by atoms with E-state index in [0.717, 1.165) is 5.19 Å². The van der Waals surface area contributed by atoms with Crippen molar-refractivity contribution in [3.8, 4) is 0 Å². The number of carbonyl (C=O) groups is 1. The van der Waals surface area contributed by atoms with Gasteiger partial charge < -0.3 is 4.43 Å². The van der Waals surface area contributed by atoms with Gasteiger partial charge in [-0.3, -0.25) is 4.79 Å². The van der Waals surface area contributed by atoms with Crippen molar-refractivity contribution >= 4 is 20.9 Å². The molecule has 0 aliphatic heterocycles. The minimum atomic E-state index is -0.808. The van der Waals surface area contributed by atoms with Gasteiger partial charge in [0.15, 0.2) is 0 Å². The lowest BCUT2D eigenvalue weighted by molar-refractivity contribution is -0.131. The summed E-state index contributed by atoms with van der Waals surface area (Å²) in [4.78, 5) is 10.4. The van der Waals surface area contributed by atoms with Crippen LogP contribution in [-0.2, 0) is 9.22 Å². The molecule has 11 heavy (non-hydrogen) atoms. The van der Waals surface area contributed by atoms with Crippen molar-refractivity contribution < 1.29 is 9.22 Å². The minimum absolute atomic E-state index is 0.180. The van der Waals surface area contributed by atoms with Crippen LogP contribution in [-0.4, -0.2) is 15.7 Å². The van der Waals surface area contributed by atoms with Gasteiger partial charge in [0.05, 0.1) is 0 Å². The average molecular weight is 166 g/mol. The summed E-state index contributed by atoms with van der Waals surface area (Å²) in [6.45, 7) is 1.44. The van der Waals surface area contributed by atoms with Crippen LogP contribution in [0.1, 0.15) is 6.92 Å². The van der Waals surface area contributed by atoms with Crippen LogP contribution >= 0.6 is 0 Å². The minimum Gasteiger partial charge on any atom is -0.521 e. The zero-order valence-corrected chi connectivity index (χ0v) is 7.82. The molecule has 0 unspecified atom stereocenters. The Hall–Kier alpha value is -1.09. The van der Waals surface area contributed by atoms with E-state index in [1.54, 1.807) is 0 Å². The lowest BCUT2D eigenvalue weighted by Gasteiger charge is -1.99. The Morgan fingerprint density at radius 2 is 2.00 bits per heavy atom. The first kappa shape index (κ1) is 8.01. The van der Waals surface area contributed by atoms with Crippen molar-refractivity contribution in [2.75, 3.05) is 0 Å². The molecule has 0 aromatic heterocycles. The first-order valence-corrected chi connectivity index (χ1v) is 4.75. The van der Waals surface area contributed by atoms with Crippen molar-refractivity contribution in [1.82, 2.24) is 0 Å². The molecule has 58 valence electrons. The van der Waals surface area contributed by atoms with E-state index in [2.05, 4.69) is 0 Å². The molecular formula is C8H10O2Si. The molecule has 0 aliphatic rings. The summed E-state index contributed by atoms with van der Waals surface area (Å²) in [5, 5.41) is 1.16. The van der Waals surface area contributed by atoms with E-state index < -0.39 is 9.76 Å². The van der Waals surface area contributed by atoms with Crippen molar-refractivity contribution in [3.05, 3.63) is 30.3 Å². The van der Waals surface area contributed by atoms with Gasteiger partial charge in [-0.1, -0.05) is 30.3 Å². The maximum absolute atomic E-state index is 10.4. The number of hydrogen-bond donors (Lipinski definition) is 0. The fraction of sp³-hybridized carbons (Fsp3) is 0.125. The van der Waals surface area contributed by atoms with Crippen LogP contribution in [0.5, 0.6) is 0 Å². The van der Waals surface area contributed by atoms with Crippen LogP contribution in [0.3, 0.4) is 0 Å². The Morgan fingerprint density at radius 3 is 2.55 bits per heavy atom. The van der Waals surface area contributed by atoms with Crippen LogP contribution in [0.4, 0.5) is 0 Å². The molecule has 0 fully saturated rings. The second-order valence-electron chi connectivity index (χ2n) is 2.27. The molecule has 2 nitrogen and oxygen atoms in total. The molecule has 0 atom stereocenters. The fourth-order valence-electron chi connectivity index (χ4n) is 0.759. The van der Waals surface area contributed by atoms with Gasteiger partial charge in [-0.25, -0.2) is 0 Å². The summed E-state index contributed by atoms with van der Waals surface area (Å²) in [7, 11) is -0.808. The summed E-state index contributed by atoms with van der Waals surface area (Å²) < 4.78 is 4.93. The standard InChI is InChI=1S/C8H10O2Si/c1-7(9)10-11-8-5-3-2-4-6-8/h2-6H,11H2,1H3. The third-order valence-electron chi connectivity index (χ3n) is 1.28. The van der Waals surface area contributed by atoms with Crippen molar-refractivity contribution in [1.29, 1.82) is 0 Å². The van der Waals surface area contributed by atoms with Crippen molar-refractivity contribution in [2.45, 2.75) is 6.92 Å². The zero-order valence-electron chi connectivity index (χ0n) is 6.41. The van der Waals surface area contributed by atoms with Crippen LogP contribution < -0.4 is 5.19 Å². The van der Waals surface area contributed by atoms with Crippen LogP contribution in [0, 0.1) is 0 Å². The van der Waals surface area contributed by atoms with Gasteiger partial charge in [-0.15, -0.1) is 0 Å². The van der Waals surface area contributed by atoms with Gasteiger partial charge >= 0.3 is 0 Å². The van der Waals surface area contributed by atoms with Gasteiger partial charge in [0, 0.05) is 6.92 Å². The number of rotatable bonds is 2. The molecule has 0 bridgehead atoms. The number of hydrogen-bond acceptors (Lipinski definition) is 2. The predicted octanol–water partition coefficient (Wildman–Crippen LogP) is -0.0412. The van der Waals surface area contributed by atoms with E-state index in [-0.39, 0.29) is 5.97 Å². The SMILES string of the molecule is CC(=O)O[SiH2]c1ccccc1. The van der Waals surface area contributed by atoms with E-state index in [4.69, 9.17) is 4.43 Å². The molecule has 1 aromatic carbocycles. The largest absolute Gasteiger partial charge is 0.521 e. The Labute approximate surface area is 68.1 Å². The van der Waals surface area contributed by atoms with Gasteiger partial charge in [0.1, 0.15) is 0 Å². The molecule has 0 saturated heterocycles. The quantitative estimate of drug-likeness (QED) is 0.576. The van der Waals surface area contributed by atoms with Crippen LogP contribution in [0.25, 0.3) is 0 Å². The maximum atomic E-state index is 10.4. The lowest BCUT2D eigenvalue weighted by Crippen LogP contribution is -2.18. The first-order valence-electron chi connectivity index (χ1n) is 3.46. The summed E-state index contributed by atoms with van der Waals surface area (Å²) in [5.74, 6) is -0.180. The number of carbonyl (C=O) groups excluding carboxylic acids is 1. The molecular weight excluding hydrogens is 156 g/mol. The van der Waals surface area contributed by atoms with Gasteiger partial charge in [-0.2, -0.15) is 0 Å². The molecule has 0 saturated carbocycles. The second-order valence-corrected chi connectivity index (χ2v) is 3.66.